The van der Waals surface area contributed by atoms with Crippen molar-refractivity contribution in [2.24, 2.45) is 0 Å². The Morgan fingerprint density at radius 3 is 2.29 bits per heavy atom. The topological polar surface area (TPSA) is 84.9 Å². The fourth-order valence-electron chi connectivity index (χ4n) is 2.69. The third-order valence-corrected chi connectivity index (χ3v) is 4.11. The largest absolute Gasteiger partial charge is 0.464 e. The van der Waals surface area contributed by atoms with Gasteiger partial charge in [-0.25, -0.2) is 4.79 Å². The zero-order valence-electron chi connectivity index (χ0n) is 16.2. The van der Waals surface area contributed by atoms with E-state index in [1.807, 2.05) is 11.0 Å². The molecule has 1 aromatic rings. The fraction of sp³-hybridized carbons (Fsp3) is 0.526. The van der Waals surface area contributed by atoms with Crippen LogP contribution >= 0.6 is 23.2 Å². The van der Waals surface area contributed by atoms with E-state index in [-0.39, 0.29) is 6.61 Å². The number of alkyl halides is 2. The molecule has 0 fully saturated rings. The van der Waals surface area contributed by atoms with Gasteiger partial charge in [0, 0.05) is 44.4 Å². The summed E-state index contributed by atoms with van der Waals surface area (Å²) in [5, 5.41) is 2.52. The molecule has 28 heavy (non-hydrogen) atoms. The quantitative estimate of drug-likeness (QED) is 0.427. The Hall–Kier alpha value is -1.99. The van der Waals surface area contributed by atoms with Crippen molar-refractivity contribution in [3.8, 4) is 0 Å². The molecule has 0 aliphatic rings. The molecule has 0 aliphatic carbocycles. The Labute approximate surface area is 175 Å². The van der Waals surface area contributed by atoms with Crippen LogP contribution in [0.2, 0.25) is 0 Å². The summed E-state index contributed by atoms with van der Waals surface area (Å²) in [5.41, 5.74) is 1.34. The van der Waals surface area contributed by atoms with E-state index >= 15 is 0 Å². The van der Waals surface area contributed by atoms with Crippen molar-refractivity contribution in [1.29, 1.82) is 0 Å². The Morgan fingerprint density at radius 1 is 1.14 bits per heavy atom. The van der Waals surface area contributed by atoms with E-state index in [2.05, 4.69) is 5.32 Å². The van der Waals surface area contributed by atoms with Gasteiger partial charge < -0.3 is 19.7 Å². The molecular formula is C19H26Cl2N2O5. The van der Waals surface area contributed by atoms with E-state index < -0.39 is 30.0 Å². The predicted octanol–water partition coefficient (Wildman–Crippen LogP) is 2.64. The second kappa shape index (κ2) is 12.5. The number of benzene rings is 1. The van der Waals surface area contributed by atoms with Crippen molar-refractivity contribution in [3.63, 3.8) is 0 Å². The molecule has 7 nitrogen and oxygen atoms in total. The van der Waals surface area contributed by atoms with Gasteiger partial charge in [0.1, 0.15) is 0 Å². The Morgan fingerprint density at radius 2 is 1.79 bits per heavy atom. The van der Waals surface area contributed by atoms with Crippen molar-refractivity contribution < 1.29 is 23.9 Å². The van der Waals surface area contributed by atoms with Gasteiger partial charge in [-0.1, -0.05) is 12.1 Å². The number of ether oxygens (including phenoxy) is 2. The number of esters is 2. The van der Waals surface area contributed by atoms with Gasteiger partial charge >= 0.3 is 11.9 Å². The Bertz CT molecular complexity index is 665. The molecule has 0 saturated carbocycles. The molecule has 0 radical (unpaired) electrons. The molecule has 1 aromatic carbocycles. The van der Waals surface area contributed by atoms with Crippen molar-refractivity contribution in [2.45, 2.75) is 32.9 Å². The van der Waals surface area contributed by atoms with Crippen LogP contribution in [-0.2, 0) is 23.9 Å². The molecule has 1 amide bonds. The Balaban J connectivity index is 3.33. The van der Waals surface area contributed by atoms with Crippen LogP contribution in [-0.4, -0.2) is 55.3 Å². The first-order chi connectivity index (χ1) is 13.3. The van der Waals surface area contributed by atoms with Gasteiger partial charge in [0.15, 0.2) is 12.1 Å². The van der Waals surface area contributed by atoms with E-state index in [1.54, 1.807) is 25.1 Å². The number of rotatable bonds is 11. The van der Waals surface area contributed by atoms with Crippen LogP contribution in [0.15, 0.2) is 24.3 Å². The average molecular weight is 433 g/mol. The molecule has 1 N–H and O–H groups in total. The summed E-state index contributed by atoms with van der Waals surface area (Å²) in [7, 11) is 0. The van der Waals surface area contributed by atoms with Crippen LogP contribution in [0.1, 0.15) is 32.4 Å². The van der Waals surface area contributed by atoms with Gasteiger partial charge in [-0.3, -0.25) is 9.59 Å². The summed E-state index contributed by atoms with van der Waals surface area (Å²) in [6, 6.07) is 5.95. The van der Waals surface area contributed by atoms with Gasteiger partial charge in [-0.15, -0.1) is 23.2 Å². The number of anilines is 1. The van der Waals surface area contributed by atoms with E-state index in [0.717, 1.165) is 5.69 Å². The second-order valence-electron chi connectivity index (χ2n) is 5.92. The summed E-state index contributed by atoms with van der Waals surface area (Å²) in [6.07, 6.45) is -1.05. The van der Waals surface area contributed by atoms with Crippen LogP contribution in [0.25, 0.3) is 0 Å². The summed E-state index contributed by atoms with van der Waals surface area (Å²) < 4.78 is 10.4. The Kier molecular flexibility index (Phi) is 10.7. The standard InChI is InChI=1S/C19H26Cl2N2O5/c1-4-27-19(26)17(22-13(2)24)18(28-14(3)25)15-6-5-7-16(12-15)23(10-8-20)11-9-21/h5-7,12,17-18H,4,8-11H2,1-3H3,(H,22,24)/t17-,18-/m0/s1. The molecule has 0 spiro atoms. The van der Waals surface area contributed by atoms with Gasteiger partial charge in [0.2, 0.25) is 5.91 Å². The lowest BCUT2D eigenvalue weighted by atomic mass is 10.0. The first-order valence-corrected chi connectivity index (χ1v) is 9.98. The van der Waals surface area contributed by atoms with E-state index in [4.69, 9.17) is 32.7 Å². The number of nitrogens with zero attached hydrogens (tertiary/aromatic N) is 1. The maximum Gasteiger partial charge on any atom is 0.332 e. The van der Waals surface area contributed by atoms with Gasteiger partial charge in [-0.2, -0.15) is 0 Å². The van der Waals surface area contributed by atoms with Crippen molar-refractivity contribution in [2.75, 3.05) is 36.4 Å². The maximum atomic E-state index is 12.4. The predicted molar refractivity (Wildman–Crippen MR) is 109 cm³/mol. The molecule has 0 bridgehead atoms. The highest BCUT2D eigenvalue weighted by molar-refractivity contribution is 6.18. The molecular weight excluding hydrogens is 407 g/mol. The number of hydrogen-bond acceptors (Lipinski definition) is 6. The van der Waals surface area contributed by atoms with Crippen LogP contribution in [0.5, 0.6) is 0 Å². The smallest absolute Gasteiger partial charge is 0.332 e. The lowest BCUT2D eigenvalue weighted by molar-refractivity contribution is -0.159. The molecule has 0 unspecified atom stereocenters. The summed E-state index contributed by atoms with van der Waals surface area (Å²) >= 11 is 11.7. The van der Waals surface area contributed by atoms with Crippen LogP contribution in [0, 0.1) is 0 Å². The number of amides is 1. The van der Waals surface area contributed by atoms with Crippen molar-refractivity contribution in [1.82, 2.24) is 5.32 Å². The highest BCUT2D eigenvalue weighted by Crippen LogP contribution is 2.27. The number of carbonyl (C=O) groups is 3. The zero-order valence-corrected chi connectivity index (χ0v) is 17.8. The average Bonchev–Trinajstić information content (AvgIpc) is 2.64. The van der Waals surface area contributed by atoms with Crippen LogP contribution < -0.4 is 10.2 Å². The molecule has 0 saturated heterocycles. The second-order valence-corrected chi connectivity index (χ2v) is 6.68. The number of nitrogens with one attached hydrogen (secondary N) is 1. The minimum atomic E-state index is -1.17. The van der Waals surface area contributed by atoms with Crippen LogP contribution in [0.3, 0.4) is 0 Å². The third-order valence-electron chi connectivity index (χ3n) is 3.77. The molecule has 0 heterocycles. The SMILES string of the molecule is CCOC(=O)[C@@H](NC(C)=O)[C@@H](OC(C)=O)c1cccc(N(CCCl)CCCl)c1. The highest BCUT2D eigenvalue weighted by atomic mass is 35.5. The minimum absolute atomic E-state index is 0.126. The van der Waals surface area contributed by atoms with E-state index in [9.17, 15) is 14.4 Å². The van der Waals surface area contributed by atoms with E-state index in [0.29, 0.717) is 30.4 Å². The summed E-state index contributed by atoms with van der Waals surface area (Å²) in [6.45, 7) is 5.43. The lowest BCUT2D eigenvalue weighted by Gasteiger charge is -2.28. The number of halogens is 2. The van der Waals surface area contributed by atoms with Gasteiger partial charge in [0.05, 0.1) is 6.61 Å². The maximum absolute atomic E-state index is 12.4. The molecule has 2 atom stereocenters. The monoisotopic (exact) mass is 432 g/mol. The minimum Gasteiger partial charge on any atom is -0.464 e. The normalized spacial score (nSPS) is 12.6. The first kappa shape index (κ1) is 24.0. The highest BCUT2D eigenvalue weighted by Gasteiger charge is 2.34. The van der Waals surface area contributed by atoms with Crippen molar-refractivity contribution >= 4 is 46.7 Å². The molecule has 1 rings (SSSR count). The fourth-order valence-corrected chi connectivity index (χ4v) is 3.10. The first-order valence-electron chi connectivity index (χ1n) is 8.91. The third kappa shape index (κ3) is 7.56. The number of carbonyl (C=O) groups excluding carboxylic acids is 3. The van der Waals surface area contributed by atoms with Crippen LogP contribution in [0.4, 0.5) is 5.69 Å². The molecule has 0 aliphatic heterocycles. The lowest BCUT2D eigenvalue weighted by Crippen LogP contribution is -2.46. The van der Waals surface area contributed by atoms with Gasteiger partial charge in [0.25, 0.3) is 0 Å². The summed E-state index contributed by atoms with van der Waals surface area (Å²) in [4.78, 5) is 37.7. The van der Waals surface area contributed by atoms with Gasteiger partial charge in [-0.05, 0) is 24.6 Å². The zero-order chi connectivity index (χ0) is 21.1. The number of hydrogen-bond donors (Lipinski definition) is 1. The molecule has 9 heteroatoms. The summed E-state index contributed by atoms with van der Waals surface area (Å²) in [5.74, 6) is -0.907. The van der Waals surface area contributed by atoms with Crippen molar-refractivity contribution in [3.05, 3.63) is 29.8 Å². The molecule has 156 valence electrons. The van der Waals surface area contributed by atoms with E-state index in [1.165, 1.54) is 13.8 Å². The molecule has 0 aromatic heterocycles.